The zero-order valence-corrected chi connectivity index (χ0v) is 11.2. The number of nitrogens with zero attached hydrogens (tertiary/aromatic N) is 1. The van der Waals surface area contributed by atoms with Crippen molar-refractivity contribution in [1.29, 1.82) is 0 Å². The van der Waals surface area contributed by atoms with E-state index in [1.54, 1.807) is 4.90 Å². The Balaban J connectivity index is 2.97. The molecule has 0 saturated carbocycles. The summed E-state index contributed by atoms with van der Waals surface area (Å²) in [6.07, 6.45) is 0. The highest BCUT2D eigenvalue weighted by molar-refractivity contribution is 6.31. The zero-order chi connectivity index (χ0) is 13.0. The van der Waals surface area contributed by atoms with Gasteiger partial charge in [-0.05, 0) is 32.0 Å². The minimum Gasteiger partial charge on any atom is -0.335 e. The molecule has 0 heterocycles. The number of alkyl halides is 1. The Morgan fingerprint density at radius 2 is 2.12 bits per heavy atom. The molecule has 0 aromatic heterocycles. The van der Waals surface area contributed by atoms with Crippen LogP contribution in [0.1, 0.15) is 24.2 Å². The summed E-state index contributed by atoms with van der Waals surface area (Å²) < 4.78 is 13.0. The average molecular weight is 278 g/mol. The van der Waals surface area contributed by atoms with Gasteiger partial charge in [-0.1, -0.05) is 11.6 Å². The lowest BCUT2D eigenvalue weighted by Gasteiger charge is -2.26. The summed E-state index contributed by atoms with van der Waals surface area (Å²) >= 11 is 11.3. The lowest BCUT2D eigenvalue weighted by atomic mass is 10.1. The van der Waals surface area contributed by atoms with Crippen LogP contribution in [0.2, 0.25) is 5.02 Å². The largest absolute Gasteiger partial charge is 0.335 e. The third-order valence-electron chi connectivity index (χ3n) is 2.38. The van der Waals surface area contributed by atoms with E-state index in [0.29, 0.717) is 18.0 Å². The van der Waals surface area contributed by atoms with Gasteiger partial charge in [0.1, 0.15) is 5.82 Å². The van der Waals surface area contributed by atoms with E-state index in [9.17, 15) is 9.18 Å². The Hall–Kier alpha value is -0.800. The number of carbonyl (C=O) groups is 1. The number of halogens is 3. The van der Waals surface area contributed by atoms with Crippen molar-refractivity contribution in [2.45, 2.75) is 19.9 Å². The lowest BCUT2D eigenvalue weighted by molar-refractivity contribution is 0.0718. The average Bonchev–Trinajstić information content (AvgIpc) is 2.28. The van der Waals surface area contributed by atoms with Crippen molar-refractivity contribution in [2.75, 3.05) is 12.4 Å². The van der Waals surface area contributed by atoms with Crippen LogP contribution in [0.4, 0.5) is 4.39 Å². The van der Waals surface area contributed by atoms with Gasteiger partial charge in [-0.3, -0.25) is 4.79 Å². The van der Waals surface area contributed by atoms with E-state index in [-0.39, 0.29) is 17.0 Å². The molecular weight excluding hydrogens is 264 g/mol. The third-order valence-corrected chi connectivity index (χ3v) is 2.83. The van der Waals surface area contributed by atoms with Gasteiger partial charge in [0.15, 0.2) is 0 Å². The van der Waals surface area contributed by atoms with Gasteiger partial charge in [0.05, 0.1) is 5.02 Å². The molecular formula is C12H14Cl2FNO. The second-order valence-corrected chi connectivity index (χ2v) is 4.70. The van der Waals surface area contributed by atoms with E-state index in [1.165, 1.54) is 18.2 Å². The fourth-order valence-corrected chi connectivity index (χ4v) is 1.84. The number of hydrogen-bond donors (Lipinski definition) is 0. The first kappa shape index (κ1) is 14.3. The molecule has 0 bridgehead atoms. The first-order chi connectivity index (χ1) is 7.97. The summed E-state index contributed by atoms with van der Waals surface area (Å²) in [5.41, 5.74) is 0.371. The predicted octanol–water partition coefficient (Wildman–Crippen LogP) is 3.57. The maximum atomic E-state index is 13.0. The molecule has 1 rings (SSSR count). The van der Waals surface area contributed by atoms with E-state index < -0.39 is 5.82 Å². The summed E-state index contributed by atoms with van der Waals surface area (Å²) in [5, 5.41) is -0.0505. The van der Waals surface area contributed by atoms with Crippen LogP contribution < -0.4 is 0 Å². The predicted molar refractivity (Wildman–Crippen MR) is 68.3 cm³/mol. The highest BCUT2D eigenvalue weighted by Crippen LogP contribution is 2.18. The van der Waals surface area contributed by atoms with Crippen LogP contribution in [0.5, 0.6) is 0 Å². The van der Waals surface area contributed by atoms with E-state index in [2.05, 4.69) is 0 Å². The van der Waals surface area contributed by atoms with Gasteiger partial charge in [-0.2, -0.15) is 0 Å². The molecule has 1 aromatic rings. The Labute approximate surface area is 110 Å². The van der Waals surface area contributed by atoms with Crippen LogP contribution in [0, 0.1) is 5.82 Å². The normalized spacial score (nSPS) is 10.7. The van der Waals surface area contributed by atoms with Gasteiger partial charge in [-0.15, -0.1) is 11.6 Å². The molecule has 94 valence electrons. The summed E-state index contributed by atoms with van der Waals surface area (Å²) in [4.78, 5) is 13.7. The van der Waals surface area contributed by atoms with Gasteiger partial charge in [0.2, 0.25) is 0 Å². The van der Waals surface area contributed by atoms with Crippen molar-refractivity contribution in [3.05, 3.63) is 34.6 Å². The number of rotatable bonds is 4. The molecule has 0 atom stereocenters. The van der Waals surface area contributed by atoms with Crippen molar-refractivity contribution in [2.24, 2.45) is 0 Å². The van der Waals surface area contributed by atoms with Crippen molar-refractivity contribution in [3.63, 3.8) is 0 Å². The van der Waals surface area contributed by atoms with E-state index in [4.69, 9.17) is 23.2 Å². The Morgan fingerprint density at radius 3 is 2.59 bits per heavy atom. The van der Waals surface area contributed by atoms with Crippen LogP contribution >= 0.6 is 23.2 Å². The first-order valence-corrected chi connectivity index (χ1v) is 6.20. The molecule has 1 amide bonds. The topological polar surface area (TPSA) is 20.3 Å². The van der Waals surface area contributed by atoms with Crippen molar-refractivity contribution in [1.82, 2.24) is 4.90 Å². The monoisotopic (exact) mass is 277 g/mol. The summed E-state index contributed by atoms with van der Waals surface area (Å²) in [6.45, 7) is 4.25. The van der Waals surface area contributed by atoms with Crippen molar-refractivity contribution >= 4 is 29.1 Å². The van der Waals surface area contributed by atoms with Crippen LogP contribution in [-0.2, 0) is 0 Å². The second kappa shape index (κ2) is 6.22. The molecule has 0 aliphatic carbocycles. The van der Waals surface area contributed by atoms with Crippen LogP contribution in [0.3, 0.4) is 0 Å². The number of amides is 1. The maximum absolute atomic E-state index is 13.0. The fourth-order valence-electron chi connectivity index (χ4n) is 1.48. The lowest BCUT2D eigenvalue weighted by Crippen LogP contribution is -2.38. The van der Waals surface area contributed by atoms with Gasteiger partial charge < -0.3 is 4.90 Å². The maximum Gasteiger partial charge on any atom is 0.254 e. The molecule has 2 nitrogen and oxygen atoms in total. The van der Waals surface area contributed by atoms with Crippen LogP contribution in [-0.4, -0.2) is 29.3 Å². The van der Waals surface area contributed by atoms with Gasteiger partial charge in [0.25, 0.3) is 5.91 Å². The molecule has 0 spiro atoms. The summed E-state index contributed by atoms with van der Waals surface area (Å²) in [7, 11) is 0. The molecule has 0 N–H and O–H groups in total. The minimum absolute atomic E-state index is 0.0325. The number of carbonyl (C=O) groups excluding carboxylic acids is 1. The molecule has 0 radical (unpaired) electrons. The summed E-state index contributed by atoms with van der Waals surface area (Å²) in [6, 6.07) is 3.98. The molecule has 1 aromatic carbocycles. The van der Waals surface area contributed by atoms with Crippen molar-refractivity contribution in [3.8, 4) is 0 Å². The summed E-state index contributed by atoms with van der Waals surface area (Å²) in [5.74, 6) is -0.363. The minimum atomic E-state index is -0.531. The highest BCUT2D eigenvalue weighted by Gasteiger charge is 2.18. The second-order valence-electron chi connectivity index (χ2n) is 3.91. The van der Waals surface area contributed by atoms with Crippen molar-refractivity contribution < 1.29 is 9.18 Å². The standard InChI is InChI=1S/C12H14Cl2FNO/c1-8(2)16(6-5-13)12(17)9-3-4-11(15)10(14)7-9/h3-4,7-8H,5-6H2,1-2H3. The van der Waals surface area contributed by atoms with Gasteiger partial charge in [0, 0.05) is 24.0 Å². The highest BCUT2D eigenvalue weighted by atomic mass is 35.5. The Kier molecular flexibility index (Phi) is 5.22. The number of benzene rings is 1. The smallest absolute Gasteiger partial charge is 0.254 e. The Bertz CT molecular complexity index is 409. The first-order valence-electron chi connectivity index (χ1n) is 5.29. The molecule has 5 heteroatoms. The van der Waals surface area contributed by atoms with E-state index in [0.717, 1.165) is 0 Å². The molecule has 0 fully saturated rings. The third kappa shape index (κ3) is 3.58. The molecule has 0 aliphatic rings. The molecule has 0 aliphatic heterocycles. The Morgan fingerprint density at radius 1 is 1.47 bits per heavy atom. The fraction of sp³-hybridized carbons (Fsp3) is 0.417. The van der Waals surface area contributed by atoms with Crippen LogP contribution in [0.25, 0.3) is 0 Å². The van der Waals surface area contributed by atoms with E-state index in [1.807, 2.05) is 13.8 Å². The zero-order valence-electron chi connectivity index (χ0n) is 9.71. The van der Waals surface area contributed by atoms with E-state index >= 15 is 0 Å². The molecule has 17 heavy (non-hydrogen) atoms. The molecule has 0 saturated heterocycles. The number of hydrogen-bond acceptors (Lipinski definition) is 1. The quantitative estimate of drug-likeness (QED) is 0.771. The van der Waals surface area contributed by atoms with Crippen LogP contribution in [0.15, 0.2) is 18.2 Å². The van der Waals surface area contributed by atoms with Gasteiger partial charge in [-0.25, -0.2) is 4.39 Å². The van der Waals surface area contributed by atoms with Gasteiger partial charge >= 0.3 is 0 Å². The SMILES string of the molecule is CC(C)N(CCCl)C(=O)c1ccc(F)c(Cl)c1. The molecule has 0 unspecified atom stereocenters.